The van der Waals surface area contributed by atoms with E-state index >= 15 is 0 Å². The fourth-order valence-corrected chi connectivity index (χ4v) is 5.73. The molecule has 2 aromatic heterocycles. The summed E-state index contributed by atoms with van der Waals surface area (Å²) in [6.07, 6.45) is 2.00. The fourth-order valence-electron chi connectivity index (χ4n) is 5.53. The summed E-state index contributed by atoms with van der Waals surface area (Å²) in [6.45, 7) is 8.75. The summed E-state index contributed by atoms with van der Waals surface area (Å²) in [5.74, 6) is 2.43. The molecule has 6 rings (SSSR count). The van der Waals surface area contributed by atoms with Crippen molar-refractivity contribution in [3.63, 3.8) is 0 Å². The van der Waals surface area contributed by atoms with Crippen LogP contribution in [-0.2, 0) is 12.4 Å². The van der Waals surface area contributed by atoms with Gasteiger partial charge in [-0.2, -0.15) is 4.36 Å². The Hall–Kier alpha value is -3.44. The standard InChI is InChI=1S/C30H28N2O2S/c1-5-15(3)17-13-14-20(28(32-35)27(17)31)30-26-19-10-8-11-21-23(19)25(29(33-21)16(4)6-2)18-9-7-12-22(34-30)24(18)26/h7-16H,5-6,31H2,1-4H3. The molecule has 0 fully saturated rings. The zero-order valence-corrected chi connectivity index (χ0v) is 21.3. The SMILES string of the molecule is CCC(C)c1ccc(-c2oc3cccc4c5c(C(C)CC)oc6cccc(c2c34)c65)c(N=S)c1N. The third kappa shape index (κ3) is 2.97. The zero-order chi connectivity index (χ0) is 24.4. The van der Waals surface area contributed by atoms with Crippen molar-refractivity contribution in [2.75, 3.05) is 5.73 Å². The summed E-state index contributed by atoms with van der Waals surface area (Å²) >= 11 is 5.24. The normalized spacial score (nSPS) is 13.9. The van der Waals surface area contributed by atoms with E-state index in [4.69, 9.17) is 27.0 Å². The summed E-state index contributed by atoms with van der Waals surface area (Å²) < 4.78 is 17.3. The van der Waals surface area contributed by atoms with Crippen molar-refractivity contribution in [2.45, 2.75) is 52.4 Å². The highest BCUT2D eigenvalue weighted by atomic mass is 32.1. The van der Waals surface area contributed by atoms with Gasteiger partial charge >= 0.3 is 0 Å². The first-order valence-corrected chi connectivity index (χ1v) is 12.7. The van der Waals surface area contributed by atoms with Gasteiger partial charge in [0.1, 0.15) is 28.4 Å². The van der Waals surface area contributed by atoms with E-state index in [1.807, 2.05) is 6.07 Å². The van der Waals surface area contributed by atoms with E-state index in [2.05, 4.69) is 74.5 Å². The Morgan fingerprint density at radius 1 is 0.800 bits per heavy atom. The van der Waals surface area contributed by atoms with Gasteiger partial charge in [-0.1, -0.05) is 58.0 Å². The maximum Gasteiger partial charge on any atom is 0.145 e. The molecule has 2 heterocycles. The first-order chi connectivity index (χ1) is 17.0. The number of anilines is 1. The number of hydrogen-bond acceptors (Lipinski definition) is 5. The third-order valence-electron chi connectivity index (χ3n) is 7.79. The molecule has 2 unspecified atom stereocenters. The smallest absolute Gasteiger partial charge is 0.145 e. The van der Waals surface area contributed by atoms with Crippen LogP contribution in [0.2, 0.25) is 0 Å². The van der Waals surface area contributed by atoms with Crippen molar-refractivity contribution in [2.24, 2.45) is 4.36 Å². The van der Waals surface area contributed by atoms with Gasteiger partial charge in [0.15, 0.2) is 0 Å². The molecule has 0 radical (unpaired) electrons. The predicted molar refractivity (Wildman–Crippen MR) is 149 cm³/mol. The van der Waals surface area contributed by atoms with Gasteiger partial charge in [0.25, 0.3) is 0 Å². The lowest BCUT2D eigenvalue weighted by atomic mass is 9.90. The first kappa shape index (κ1) is 22.1. The zero-order valence-electron chi connectivity index (χ0n) is 20.4. The van der Waals surface area contributed by atoms with Gasteiger partial charge in [0.2, 0.25) is 0 Å². The van der Waals surface area contributed by atoms with Crippen LogP contribution in [0.1, 0.15) is 63.7 Å². The molecule has 0 amide bonds. The van der Waals surface area contributed by atoms with Crippen LogP contribution in [0.5, 0.6) is 0 Å². The Morgan fingerprint density at radius 2 is 1.43 bits per heavy atom. The van der Waals surface area contributed by atoms with Crippen molar-refractivity contribution in [3.8, 4) is 11.3 Å². The molecule has 4 aromatic carbocycles. The van der Waals surface area contributed by atoms with Gasteiger partial charge in [0.05, 0.1) is 5.69 Å². The van der Waals surface area contributed by atoms with Gasteiger partial charge in [-0.15, -0.1) is 0 Å². The maximum absolute atomic E-state index is 6.63. The average molecular weight is 481 g/mol. The minimum Gasteiger partial charge on any atom is -0.460 e. The van der Waals surface area contributed by atoms with Gasteiger partial charge < -0.3 is 14.6 Å². The lowest BCUT2D eigenvalue weighted by molar-refractivity contribution is 0.505. The first-order valence-electron chi connectivity index (χ1n) is 12.4. The number of fused-ring (bicyclic) bond motifs is 2. The second-order valence-corrected chi connectivity index (χ2v) is 9.86. The van der Waals surface area contributed by atoms with Crippen molar-refractivity contribution >= 4 is 67.3 Å². The molecule has 2 atom stereocenters. The monoisotopic (exact) mass is 480 g/mol. The van der Waals surface area contributed by atoms with Crippen LogP contribution in [0.25, 0.3) is 54.8 Å². The van der Waals surface area contributed by atoms with E-state index in [-0.39, 0.29) is 0 Å². The molecular weight excluding hydrogens is 452 g/mol. The molecule has 0 saturated carbocycles. The molecule has 176 valence electrons. The molecule has 4 nitrogen and oxygen atoms in total. The Balaban J connectivity index is 1.78. The van der Waals surface area contributed by atoms with Crippen molar-refractivity contribution < 1.29 is 8.83 Å². The second-order valence-electron chi connectivity index (χ2n) is 9.68. The fraction of sp³-hybridized carbons (Fsp3) is 0.267. The topological polar surface area (TPSA) is 64.7 Å². The highest BCUT2D eigenvalue weighted by molar-refractivity contribution is 7.47. The van der Waals surface area contributed by atoms with Gasteiger partial charge in [0, 0.05) is 45.5 Å². The molecule has 0 spiro atoms. The lowest BCUT2D eigenvalue weighted by Crippen LogP contribution is -1.99. The molecule has 0 aliphatic carbocycles. The molecule has 2 N–H and O–H groups in total. The largest absolute Gasteiger partial charge is 0.460 e. The summed E-state index contributed by atoms with van der Waals surface area (Å²) in [5, 5.41) is 6.76. The van der Waals surface area contributed by atoms with Crippen molar-refractivity contribution in [1.82, 2.24) is 0 Å². The Morgan fingerprint density at radius 3 is 2.09 bits per heavy atom. The summed E-state index contributed by atoms with van der Waals surface area (Å²) in [7, 11) is 0. The van der Waals surface area contributed by atoms with Gasteiger partial charge in [-0.3, -0.25) is 0 Å². The van der Waals surface area contributed by atoms with Crippen LogP contribution >= 0.6 is 0 Å². The van der Waals surface area contributed by atoms with Crippen LogP contribution in [0.15, 0.2) is 61.7 Å². The molecule has 0 bridgehead atoms. The van der Waals surface area contributed by atoms with E-state index in [0.29, 0.717) is 23.2 Å². The number of nitrogens with zero attached hydrogens (tertiary/aromatic N) is 1. The molecule has 35 heavy (non-hydrogen) atoms. The minimum atomic E-state index is 0.312. The quantitative estimate of drug-likeness (QED) is 0.190. The predicted octanol–water partition coefficient (Wildman–Crippen LogP) is 9.56. The summed E-state index contributed by atoms with van der Waals surface area (Å²) in [4.78, 5) is 0. The highest BCUT2D eigenvalue weighted by Gasteiger charge is 2.27. The van der Waals surface area contributed by atoms with Crippen LogP contribution < -0.4 is 5.73 Å². The molecule has 6 aromatic rings. The number of nitrogens with two attached hydrogens (primary N) is 1. The number of rotatable bonds is 6. The highest BCUT2D eigenvalue weighted by Crippen LogP contribution is 2.51. The van der Waals surface area contributed by atoms with Crippen LogP contribution in [-0.4, -0.2) is 0 Å². The van der Waals surface area contributed by atoms with E-state index in [1.165, 1.54) is 5.39 Å². The van der Waals surface area contributed by atoms with Crippen LogP contribution in [0.4, 0.5) is 11.4 Å². The number of benzene rings is 4. The molecule has 0 saturated heterocycles. The lowest BCUT2D eigenvalue weighted by Gasteiger charge is -2.16. The number of hydrogen-bond donors (Lipinski definition) is 1. The summed E-state index contributed by atoms with van der Waals surface area (Å²) in [5.41, 5.74) is 11.5. The van der Waals surface area contributed by atoms with Crippen LogP contribution in [0.3, 0.4) is 0 Å². The molecular formula is C30H28N2O2S. The Kier molecular flexibility index (Phi) is 5.08. The summed E-state index contributed by atoms with van der Waals surface area (Å²) in [6, 6.07) is 16.7. The molecule has 5 heteroatoms. The maximum atomic E-state index is 6.63. The minimum absolute atomic E-state index is 0.312. The Labute approximate surface area is 209 Å². The Bertz CT molecular complexity index is 1740. The molecule has 0 aliphatic heterocycles. The van der Waals surface area contributed by atoms with E-state index in [9.17, 15) is 0 Å². The second kappa shape index (κ2) is 8.06. The van der Waals surface area contributed by atoms with Crippen molar-refractivity contribution in [3.05, 3.63) is 59.9 Å². The van der Waals surface area contributed by atoms with Crippen LogP contribution in [0, 0.1) is 0 Å². The number of nitrogen functional groups attached to an aromatic ring is 1. The third-order valence-corrected chi connectivity index (χ3v) is 7.97. The van der Waals surface area contributed by atoms with E-state index in [1.54, 1.807) is 0 Å². The van der Waals surface area contributed by atoms with Gasteiger partial charge in [-0.25, -0.2) is 0 Å². The van der Waals surface area contributed by atoms with E-state index < -0.39 is 0 Å². The van der Waals surface area contributed by atoms with Gasteiger partial charge in [-0.05, 0) is 53.3 Å². The van der Waals surface area contributed by atoms with E-state index in [0.717, 1.165) is 73.6 Å². The van der Waals surface area contributed by atoms with Crippen molar-refractivity contribution in [1.29, 1.82) is 0 Å². The average Bonchev–Trinajstić information content (AvgIpc) is 3.47. The number of furan rings is 2. The molecule has 0 aliphatic rings.